The molecule has 26 heavy (non-hydrogen) atoms. The minimum atomic E-state index is -0.297. The summed E-state index contributed by atoms with van der Waals surface area (Å²) < 4.78 is 16.0. The van der Waals surface area contributed by atoms with Gasteiger partial charge in [0.1, 0.15) is 17.2 Å². The van der Waals surface area contributed by atoms with Gasteiger partial charge in [-0.05, 0) is 50.1 Å². The average molecular weight is 358 g/mol. The lowest BCUT2D eigenvalue weighted by Gasteiger charge is -2.17. The van der Waals surface area contributed by atoms with Crippen LogP contribution in [0.15, 0.2) is 42.5 Å². The largest absolute Gasteiger partial charge is 0.497 e. The first-order valence-corrected chi connectivity index (χ1v) is 8.57. The third-order valence-electron chi connectivity index (χ3n) is 3.79. The fraction of sp³-hybridized carbons (Fsp3) is 0.350. The molecule has 140 valence electrons. The first-order chi connectivity index (χ1) is 12.5. The molecule has 0 aliphatic carbocycles. The van der Waals surface area contributed by atoms with Crippen molar-refractivity contribution >= 4 is 11.7 Å². The average Bonchev–Trinajstić information content (AvgIpc) is 2.63. The molecule has 0 saturated heterocycles. The molecule has 0 radical (unpaired) electrons. The summed E-state index contributed by atoms with van der Waals surface area (Å²) in [5, 5.41) is 5.76. The van der Waals surface area contributed by atoms with Gasteiger partial charge >= 0.3 is 6.03 Å². The lowest BCUT2D eigenvalue weighted by Crippen LogP contribution is -2.37. The first-order valence-electron chi connectivity index (χ1n) is 8.57. The Balaban J connectivity index is 1.99. The highest BCUT2D eigenvalue weighted by atomic mass is 16.5. The number of amides is 2. The van der Waals surface area contributed by atoms with Gasteiger partial charge in [0.15, 0.2) is 0 Å². The molecule has 2 N–H and O–H groups in total. The van der Waals surface area contributed by atoms with Crippen LogP contribution < -0.4 is 24.8 Å². The molecule has 0 bridgehead atoms. The quantitative estimate of drug-likeness (QED) is 0.752. The van der Waals surface area contributed by atoms with Gasteiger partial charge in [-0.1, -0.05) is 12.1 Å². The number of carbonyl (C=O) groups is 1. The zero-order valence-electron chi connectivity index (χ0n) is 15.7. The van der Waals surface area contributed by atoms with Crippen LogP contribution in [0.3, 0.4) is 0 Å². The number of rotatable bonds is 8. The second-order valence-corrected chi connectivity index (χ2v) is 5.85. The van der Waals surface area contributed by atoms with Crippen LogP contribution in [-0.4, -0.2) is 32.9 Å². The summed E-state index contributed by atoms with van der Waals surface area (Å²) in [5.41, 5.74) is 1.66. The summed E-state index contributed by atoms with van der Waals surface area (Å²) in [7, 11) is 3.22. The van der Waals surface area contributed by atoms with Gasteiger partial charge in [0.2, 0.25) is 0 Å². The second-order valence-electron chi connectivity index (χ2n) is 5.85. The zero-order valence-corrected chi connectivity index (χ0v) is 15.7. The van der Waals surface area contributed by atoms with E-state index < -0.39 is 0 Å². The number of hydrogen-bond donors (Lipinski definition) is 2. The Labute approximate surface area is 154 Å². The third kappa shape index (κ3) is 5.58. The van der Waals surface area contributed by atoms with Crippen LogP contribution in [-0.2, 0) is 6.42 Å². The molecular weight excluding hydrogens is 332 g/mol. The molecule has 6 heteroatoms. The molecule has 0 heterocycles. The van der Waals surface area contributed by atoms with Crippen molar-refractivity contribution in [2.75, 3.05) is 26.1 Å². The summed E-state index contributed by atoms with van der Waals surface area (Å²) in [4.78, 5) is 12.3. The lowest BCUT2D eigenvalue weighted by molar-refractivity contribution is 0.249. The van der Waals surface area contributed by atoms with E-state index >= 15 is 0 Å². The van der Waals surface area contributed by atoms with Crippen molar-refractivity contribution in [1.82, 2.24) is 5.32 Å². The molecule has 0 spiro atoms. The molecule has 0 aromatic heterocycles. The second kappa shape index (κ2) is 9.56. The number of anilines is 1. The van der Waals surface area contributed by atoms with Gasteiger partial charge in [0.05, 0.1) is 26.5 Å². The monoisotopic (exact) mass is 358 g/mol. The van der Waals surface area contributed by atoms with Gasteiger partial charge in [-0.2, -0.15) is 0 Å². The lowest BCUT2D eigenvalue weighted by atomic mass is 10.1. The van der Waals surface area contributed by atoms with Crippen LogP contribution in [0, 0.1) is 0 Å². The van der Waals surface area contributed by atoms with Crippen LogP contribution in [0.1, 0.15) is 19.4 Å². The topological polar surface area (TPSA) is 68.8 Å². The number of urea groups is 1. The molecule has 0 fully saturated rings. The number of carbonyl (C=O) groups excluding carboxylic acids is 1. The predicted molar refractivity (Wildman–Crippen MR) is 102 cm³/mol. The smallest absolute Gasteiger partial charge is 0.319 e. The van der Waals surface area contributed by atoms with E-state index in [9.17, 15) is 4.79 Å². The van der Waals surface area contributed by atoms with E-state index in [1.165, 1.54) is 0 Å². The molecule has 6 nitrogen and oxygen atoms in total. The van der Waals surface area contributed by atoms with Gasteiger partial charge in [-0.15, -0.1) is 0 Å². The molecule has 0 aliphatic rings. The Morgan fingerprint density at radius 2 is 1.81 bits per heavy atom. The van der Waals surface area contributed by atoms with E-state index in [1.807, 2.05) is 38.1 Å². The molecule has 2 aromatic rings. The van der Waals surface area contributed by atoms with Crippen molar-refractivity contribution in [2.24, 2.45) is 0 Å². The number of ether oxygens (including phenoxy) is 3. The summed E-state index contributed by atoms with van der Waals surface area (Å²) in [6, 6.07) is 12.8. The van der Waals surface area contributed by atoms with Crippen molar-refractivity contribution in [3.05, 3.63) is 48.0 Å². The third-order valence-corrected chi connectivity index (χ3v) is 3.79. The van der Waals surface area contributed by atoms with Crippen LogP contribution in [0.2, 0.25) is 0 Å². The standard InChI is InChI=1S/C20H26N2O4/c1-5-26-19-10-9-17(25-4)13-18(19)22-20(23)21-14(2)11-15-7-6-8-16(12-15)24-3/h6-10,12-14H,5,11H2,1-4H3,(H2,21,22,23). The molecule has 0 aliphatic heterocycles. The normalized spacial score (nSPS) is 11.4. The number of nitrogens with one attached hydrogen (secondary N) is 2. The van der Waals surface area contributed by atoms with Gasteiger partial charge in [0, 0.05) is 12.1 Å². The van der Waals surface area contributed by atoms with Crippen molar-refractivity contribution in [1.29, 1.82) is 0 Å². The van der Waals surface area contributed by atoms with E-state index in [2.05, 4.69) is 10.6 Å². The highest BCUT2D eigenvalue weighted by molar-refractivity contribution is 5.91. The maximum absolute atomic E-state index is 12.3. The Bertz CT molecular complexity index is 734. The van der Waals surface area contributed by atoms with E-state index in [0.717, 1.165) is 11.3 Å². The van der Waals surface area contributed by atoms with Crippen LogP contribution in [0.25, 0.3) is 0 Å². The maximum Gasteiger partial charge on any atom is 0.319 e. The minimum absolute atomic E-state index is 0.0525. The fourth-order valence-corrected chi connectivity index (χ4v) is 2.60. The van der Waals surface area contributed by atoms with Crippen LogP contribution in [0.5, 0.6) is 17.2 Å². The fourth-order valence-electron chi connectivity index (χ4n) is 2.60. The highest BCUT2D eigenvalue weighted by Crippen LogP contribution is 2.29. The Kier molecular flexibility index (Phi) is 7.14. The van der Waals surface area contributed by atoms with E-state index in [0.29, 0.717) is 30.2 Å². The van der Waals surface area contributed by atoms with Crippen molar-refractivity contribution in [3.8, 4) is 17.2 Å². The molecule has 2 rings (SSSR count). The molecule has 2 amide bonds. The highest BCUT2D eigenvalue weighted by Gasteiger charge is 2.12. The molecule has 0 saturated carbocycles. The number of methoxy groups -OCH3 is 2. The van der Waals surface area contributed by atoms with Gasteiger partial charge < -0.3 is 24.8 Å². The SMILES string of the molecule is CCOc1ccc(OC)cc1NC(=O)NC(C)Cc1cccc(OC)c1. The molecule has 1 atom stereocenters. The number of benzene rings is 2. The Morgan fingerprint density at radius 3 is 2.50 bits per heavy atom. The van der Waals surface area contributed by atoms with E-state index in [-0.39, 0.29) is 12.1 Å². The van der Waals surface area contributed by atoms with Crippen molar-refractivity contribution < 1.29 is 19.0 Å². The van der Waals surface area contributed by atoms with Gasteiger partial charge in [-0.3, -0.25) is 0 Å². The number of hydrogen-bond acceptors (Lipinski definition) is 4. The first kappa shape index (κ1) is 19.4. The maximum atomic E-state index is 12.3. The predicted octanol–water partition coefficient (Wildman–Crippen LogP) is 3.86. The van der Waals surface area contributed by atoms with Crippen LogP contribution >= 0.6 is 0 Å². The molecule has 2 aromatic carbocycles. The summed E-state index contributed by atoms with van der Waals surface area (Å²) in [6.45, 7) is 4.35. The summed E-state index contributed by atoms with van der Waals surface area (Å²) >= 11 is 0. The van der Waals surface area contributed by atoms with Crippen molar-refractivity contribution in [2.45, 2.75) is 26.3 Å². The summed E-state index contributed by atoms with van der Waals surface area (Å²) in [6.07, 6.45) is 0.695. The molecule has 1 unspecified atom stereocenters. The minimum Gasteiger partial charge on any atom is -0.497 e. The Morgan fingerprint density at radius 1 is 1.08 bits per heavy atom. The Hall–Kier alpha value is -2.89. The van der Waals surface area contributed by atoms with E-state index in [4.69, 9.17) is 14.2 Å². The molecular formula is C20H26N2O4. The van der Waals surface area contributed by atoms with Gasteiger partial charge in [-0.25, -0.2) is 4.79 Å². The van der Waals surface area contributed by atoms with Gasteiger partial charge in [0.25, 0.3) is 0 Å². The zero-order chi connectivity index (χ0) is 18.9. The van der Waals surface area contributed by atoms with Crippen molar-refractivity contribution in [3.63, 3.8) is 0 Å². The van der Waals surface area contributed by atoms with Crippen LogP contribution in [0.4, 0.5) is 10.5 Å². The van der Waals surface area contributed by atoms with E-state index in [1.54, 1.807) is 32.4 Å². The summed E-state index contributed by atoms with van der Waals surface area (Å²) in [5.74, 6) is 2.05.